The standard InChI is InChI=1S/C13H26N4/c1-4-16(5-2)10-6-8-14-12-13(3)17-11-7-9-15-17/h7,9,11,13-14H,4-6,8,10,12H2,1-3H3. The molecule has 0 radical (unpaired) electrons. The molecule has 4 nitrogen and oxygen atoms in total. The molecule has 0 bridgehead atoms. The zero-order valence-electron chi connectivity index (χ0n) is 11.4. The van der Waals surface area contributed by atoms with Gasteiger partial charge in [-0.25, -0.2) is 0 Å². The maximum Gasteiger partial charge on any atom is 0.0615 e. The van der Waals surface area contributed by atoms with Gasteiger partial charge in [-0.15, -0.1) is 0 Å². The number of aromatic nitrogens is 2. The van der Waals surface area contributed by atoms with Crippen LogP contribution >= 0.6 is 0 Å². The smallest absolute Gasteiger partial charge is 0.0615 e. The highest BCUT2D eigenvalue weighted by Crippen LogP contribution is 2.00. The van der Waals surface area contributed by atoms with Crippen molar-refractivity contribution in [2.45, 2.75) is 33.2 Å². The van der Waals surface area contributed by atoms with E-state index in [1.807, 2.05) is 23.1 Å². The highest BCUT2D eigenvalue weighted by atomic mass is 15.3. The van der Waals surface area contributed by atoms with Gasteiger partial charge in [0.2, 0.25) is 0 Å². The van der Waals surface area contributed by atoms with E-state index in [4.69, 9.17) is 0 Å². The molecule has 1 atom stereocenters. The van der Waals surface area contributed by atoms with Gasteiger partial charge in [0.05, 0.1) is 6.04 Å². The highest BCUT2D eigenvalue weighted by molar-refractivity contribution is 4.81. The minimum Gasteiger partial charge on any atom is -0.315 e. The van der Waals surface area contributed by atoms with Gasteiger partial charge >= 0.3 is 0 Å². The number of nitrogens with zero attached hydrogens (tertiary/aromatic N) is 3. The molecule has 0 saturated heterocycles. The van der Waals surface area contributed by atoms with Crippen LogP contribution in [0.3, 0.4) is 0 Å². The predicted molar refractivity (Wildman–Crippen MR) is 72.2 cm³/mol. The van der Waals surface area contributed by atoms with E-state index in [1.54, 1.807) is 0 Å². The van der Waals surface area contributed by atoms with Crippen LogP contribution in [0.25, 0.3) is 0 Å². The van der Waals surface area contributed by atoms with E-state index >= 15 is 0 Å². The number of hydrogen-bond acceptors (Lipinski definition) is 3. The average Bonchev–Trinajstić information content (AvgIpc) is 2.87. The van der Waals surface area contributed by atoms with E-state index in [2.05, 4.69) is 36.1 Å². The van der Waals surface area contributed by atoms with Gasteiger partial charge < -0.3 is 10.2 Å². The van der Waals surface area contributed by atoms with E-state index < -0.39 is 0 Å². The summed E-state index contributed by atoms with van der Waals surface area (Å²) in [6.45, 7) is 12.2. The first-order valence-electron chi connectivity index (χ1n) is 6.70. The Kier molecular flexibility index (Phi) is 6.89. The Morgan fingerprint density at radius 3 is 2.71 bits per heavy atom. The molecular weight excluding hydrogens is 212 g/mol. The average molecular weight is 238 g/mol. The molecule has 0 aliphatic carbocycles. The largest absolute Gasteiger partial charge is 0.315 e. The van der Waals surface area contributed by atoms with Crippen LogP contribution in [-0.4, -0.2) is 47.4 Å². The second-order valence-electron chi connectivity index (χ2n) is 4.42. The topological polar surface area (TPSA) is 33.1 Å². The fraction of sp³-hybridized carbons (Fsp3) is 0.769. The summed E-state index contributed by atoms with van der Waals surface area (Å²) < 4.78 is 2.00. The van der Waals surface area contributed by atoms with Crippen LogP contribution < -0.4 is 5.32 Å². The second-order valence-corrected chi connectivity index (χ2v) is 4.42. The lowest BCUT2D eigenvalue weighted by molar-refractivity contribution is 0.296. The van der Waals surface area contributed by atoms with Gasteiger partial charge in [-0.05, 0) is 45.6 Å². The molecule has 1 heterocycles. The van der Waals surface area contributed by atoms with Crippen molar-refractivity contribution >= 4 is 0 Å². The van der Waals surface area contributed by atoms with Gasteiger partial charge in [-0.3, -0.25) is 4.68 Å². The maximum atomic E-state index is 4.24. The first-order valence-corrected chi connectivity index (χ1v) is 6.70. The lowest BCUT2D eigenvalue weighted by atomic mass is 10.3. The molecule has 0 aliphatic rings. The summed E-state index contributed by atoms with van der Waals surface area (Å²) >= 11 is 0. The van der Waals surface area contributed by atoms with Gasteiger partial charge in [0.25, 0.3) is 0 Å². The van der Waals surface area contributed by atoms with Gasteiger partial charge in [0.1, 0.15) is 0 Å². The van der Waals surface area contributed by atoms with Crippen molar-refractivity contribution in [2.75, 3.05) is 32.7 Å². The van der Waals surface area contributed by atoms with Crippen molar-refractivity contribution in [3.63, 3.8) is 0 Å². The highest BCUT2D eigenvalue weighted by Gasteiger charge is 2.03. The van der Waals surface area contributed by atoms with Crippen molar-refractivity contribution in [2.24, 2.45) is 0 Å². The van der Waals surface area contributed by atoms with E-state index in [-0.39, 0.29) is 0 Å². The van der Waals surface area contributed by atoms with Gasteiger partial charge in [0, 0.05) is 18.9 Å². The van der Waals surface area contributed by atoms with E-state index in [0.717, 1.165) is 26.2 Å². The summed E-state index contributed by atoms with van der Waals surface area (Å²) in [5.41, 5.74) is 0. The Labute approximate surface area is 105 Å². The maximum absolute atomic E-state index is 4.24. The summed E-state index contributed by atoms with van der Waals surface area (Å²) in [5.74, 6) is 0. The number of rotatable bonds is 9. The third kappa shape index (κ3) is 5.33. The summed E-state index contributed by atoms with van der Waals surface area (Å²) in [7, 11) is 0. The molecule has 0 aliphatic heterocycles. The molecule has 0 fully saturated rings. The minimum atomic E-state index is 0.429. The Balaban J connectivity index is 2.04. The van der Waals surface area contributed by atoms with E-state index in [0.29, 0.717) is 6.04 Å². The molecule has 0 saturated carbocycles. The third-order valence-corrected chi connectivity index (χ3v) is 3.14. The van der Waals surface area contributed by atoms with Crippen molar-refractivity contribution < 1.29 is 0 Å². The quantitative estimate of drug-likeness (QED) is 0.666. The van der Waals surface area contributed by atoms with Crippen LogP contribution in [0, 0.1) is 0 Å². The number of hydrogen-bond donors (Lipinski definition) is 1. The van der Waals surface area contributed by atoms with Gasteiger partial charge in [-0.1, -0.05) is 13.8 Å². The zero-order valence-corrected chi connectivity index (χ0v) is 11.4. The lowest BCUT2D eigenvalue weighted by Gasteiger charge is -2.18. The summed E-state index contributed by atoms with van der Waals surface area (Å²) in [5, 5.41) is 7.73. The summed E-state index contributed by atoms with van der Waals surface area (Å²) in [6.07, 6.45) is 5.06. The van der Waals surface area contributed by atoms with Crippen LogP contribution in [-0.2, 0) is 0 Å². The van der Waals surface area contributed by atoms with Crippen molar-refractivity contribution in [1.29, 1.82) is 0 Å². The predicted octanol–water partition coefficient (Wildman–Crippen LogP) is 1.77. The molecule has 1 aromatic rings. The molecule has 1 unspecified atom stereocenters. The molecule has 4 heteroatoms. The Morgan fingerprint density at radius 1 is 1.35 bits per heavy atom. The van der Waals surface area contributed by atoms with Gasteiger partial charge in [-0.2, -0.15) is 5.10 Å². The molecule has 1 N–H and O–H groups in total. The Bertz CT molecular complexity index is 267. The van der Waals surface area contributed by atoms with E-state index in [9.17, 15) is 0 Å². The SMILES string of the molecule is CCN(CC)CCCNCC(C)n1cccn1. The molecule has 1 rings (SSSR count). The van der Waals surface area contributed by atoms with Crippen molar-refractivity contribution in [1.82, 2.24) is 20.0 Å². The fourth-order valence-corrected chi connectivity index (χ4v) is 1.91. The van der Waals surface area contributed by atoms with Crippen LogP contribution in [0.5, 0.6) is 0 Å². The first kappa shape index (κ1) is 14.2. The molecule has 0 amide bonds. The third-order valence-electron chi connectivity index (χ3n) is 3.14. The molecular formula is C13H26N4. The second kappa shape index (κ2) is 8.25. The molecule has 1 aromatic heterocycles. The van der Waals surface area contributed by atoms with Crippen LogP contribution in [0.15, 0.2) is 18.5 Å². The molecule has 98 valence electrons. The van der Waals surface area contributed by atoms with Crippen LogP contribution in [0.1, 0.15) is 33.2 Å². The molecule has 0 spiro atoms. The van der Waals surface area contributed by atoms with Crippen molar-refractivity contribution in [3.05, 3.63) is 18.5 Å². The summed E-state index contributed by atoms with van der Waals surface area (Å²) in [4.78, 5) is 2.46. The normalized spacial score (nSPS) is 13.2. The van der Waals surface area contributed by atoms with Gasteiger partial charge in [0.15, 0.2) is 0 Å². The fourth-order valence-electron chi connectivity index (χ4n) is 1.91. The Hall–Kier alpha value is -0.870. The van der Waals surface area contributed by atoms with E-state index in [1.165, 1.54) is 13.0 Å². The first-order chi connectivity index (χ1) is 8.27. The molecule has 0 aromatic carbocycles. The lowest BCUT2D eigenvalue weighted by Crippen LogP contribution is -2.29. The number of nitrogens with one attached hydrogen (secondary N) is 1. The zero-order chi connectivity index (χ0) is 12.5. The van der Waals surface area contributed by atoms with Crippen LogP contribution in [0.2, 0.25) is 0 Å². The Morgan fingerprint density at radius 2 is 2.12 bits per heavy atom. The monoisotopic (exact) mass is 238 g/mol. The summed E-state index contributed by atoms with van der Waals surface area (Å²) in [6, 6.07) is 2.40. The van der Waals surface area contributed by atoms with Crippen molar-refractivity contribution in [3.8, 4) is 0 Å². The minimum absolute atomic E-state index is 0.429. The molecule has 17 heavy (non-hydrogen) atoms. The van der Waals surface area contributed by atoms with Crippen LogP contribution in [0.4, 0.5) is 0 Å².